The van der Waals surface area contributed by atoms with Crippen LogP contribution in [0.25, 0.3) is 0 Å². The van der Waals surface area contributed by atoms with E-state index in [-0.39, 0.29) is 5.91 Å². The molecule has 4 nitrogen and oxygen atoms in total. The first-order valence-electron chi connectivity index (χ1n) is 7.34. The summed E-state index contributed by atoms with van der Waals surface area (Å²) in [6.07, 6.45) is 1.18. The molecule has 1 aromatic rings. The van der Waals surface area contributed by atoms with Crippen LogP contribution in [-0.2, 0) is 4.79 Å². The molecule has 1 heterocycles. The fourth-order valence-corrected chi connectivity index (χ4v) is 2.71. The Balaban J connectivity index is 1.89. The summed E-state index contributed by atoms with van der Waals surface area (Å²) in [5.74, 6) is 1.48. The third kappa shape index (κ3) is 3.73. The second-order valence-electron chi connectivity index (χ2n) is 6.10. The summed E-state index contributed by atoms with van der Waals surface area (Å²) in [5.41, 5.74) is 8.29. The van der Waals surface area contributed by atoms with Crippen LogP contribution in [0.2, 0.25) is 0 Å². The molecule has 4 heteroatoms. The molecule has 1 amide bonds. The van der Waals surface area contributed by atoms with Crippen LogP contribution in [0.3, 0.4) is 0 Å². The Bertz CT molecular complexity index is 487. The van der Waals surface area contributed by atoms with E-state index >= 15 is 0 Å². The highest BCUT2D eigenvalue weighted by Gasteiger charge is 2.23. The van der Waals surface area contributed by atoms with Gasteiger partial charge in [0.15, 0.2) is 0 Å². The molecule has 0 spiro atoms. The lowest BCUT2D eigenvalue weighted by molar-refractivity contribution is -0.117. The Morgan fingerprint density at radius 2 is 2.15 bits per heavy atom. The molecule has 1 aromatic carbocycles. The molecule has 1 fully saturated rings. The molecule has 1 aliphatic heterocycles. The number of aryl methyl sites for hydroxylation is 1. The van der Waals surface area contributed by atoms with Crippen LogP contribution in [0.15, 0.2) is 18.2 Å². The quantitative estimate of drug-likeness (QED) is 0.833. The molecule has 0 radical (unpaired) electrons. The van der Waals surface area contributed by atoms with Gasteiger partial charge >= 0.3 is 0 Å². The van der Waals surface area contributed by atoms with E-state index in [2.05, 4.69) is 24.1 Å². The molecule has 1 saturated heterocycles. The average molecular weight is 275 g/mol. The summed E-state index contributed by atoms with van der Waals surface area (Å²) in [6.45, 7) is 9.01. The van der Waals surface area contributed by atoms with Gasteiger partial charge in [-0.2, -0.15) is 0 Å². The highest BCUT2D eigenvalue weighted by molar-refractivity contribution is 5.93. The van der Waals surface area contributed by atoms with Crippen molar-refractivity contribution >= 4 is 17.3 Å². The van der Waals surface area contributed by atoms with Crippen molar-refractivity contribution in [3.8, 4) is 0 Å². The first-order valence-corrected chi connectivity index (χ1v) is 7.34. The second-order valence-corrected chi connectivity index (χ2v) is 6.10. The largest absolute Gasteiger partial charge is 0.399 e. The fourth-order valence-electron chi connectivity index (χ4n) is 2.71. The lowest BCUT2D eigenvalue weighted by atomic mass is 9.89. The molecule has 1 aliphatic rings. The first kappa shape index (κ1) is 14.9. The van der Waals surface area contributed by atoms with Gasteiger partial charge in [0, 0.05) is 17.9 Å². The standard InChI is InChI=1S/C16H25N3O/c1-11-6-7-19(9-13(11)3)10-16(20)18-15-5-4-14(17)8-12(15)2/h4-5,8,11,13H,6-7,9-10,17H2,1-3H3,(H,18,20). The number of nitrogens with two attached hydrogens (primary N) is 1. The highest BCUT2D eigenvalue weighted by Crippen LogP contribution is 2.22. The highest BCUT2D eigenvalue weighted by atomic mass is 16.2. The van der Waals surface area contributed by atoms with E-state index in [4.69, 9.17) is 5.73 Å². The van der Waals surface area contributed by atoms with Gasteiger partial charge in [-0.05, 0) is 55.5 Å². The number of carbonyl (C=O) groups is 1. The summed E-state index contributed by atoms with van der Waals surface area (Å²) in [7, 11) is 0. The maximum absolute atomic E-state index is 12.1. The number of hydrogen-bond donors (Lipinski definition) is 2. The zero-order valence-corrected chi connectivity index (χ0v) is 12.6. The number of nitrogen functional groups attached to an aromatic ring is 1. The van der Waals surface area contributed by atoms with Crippen molar-refractivity contribution in [1.29, 1.82) is 0 Å². The Hall–Kier alpha value is -1.55. The first-order chi connectivity index (χ1) is 9.45. The van der Waals surface area contributed by atoms with E-state index in [1.165, 1.54) is 6.42 Å². The third-order valence-electron chi connectivity index (χ3n) is 4.31. The van der Waals surface area contributed by atoms with E-state index in [0.29, 0.717) is 12.5 Å². The lowest BCUT2D eigenvalue weighted by Crippen LogP contribution is -2.42. The van der Waals surface area contributed by atoms with Gasteiger partial charge in [0.05, 0.1) is 6.54 Å². The van der Waals surface area contributed by atoms with Gasteiger partial charge < -0.3 is 11.1 Å². The second kappa shape index (κ2) is 6.27. The maximum atomic E-state index is 12.1. The van der Waals surface area contributed by atoms with Crippen LogP contribution >= 0.6 is 0 Å². The topological polar surface area (TPSA) is 58.4 Å². The van der Waals surface area contributed by atoms with Crippen LogP contribution in [0.1, 0.15) is 25.8 Å². The minimum Gasteiger partial charge on any atom is -0.399 e. The number of nitrogens with zero attached hydrogens (tertiary/aromatic N) is 1. The zero-order valence-electron chi connectivity index (χ0n) is 12.6. The summed E-state index contributed by atoms with van der Waals surface area (Å²) in [5, 5.41) is 2.97. The molecule has 0 aliphatic carbocycles. The molecule has 110 valence electrons. The average Bonchev–Trinajstić information content (AvgIpc) is 2.37. The van der Waals surface area contributed by atoms with Crippen LogP contribution in [0.4, 0.5) is 11.4 Å². The zero-order chi connectivity index (χ0) is 14.7. The van der Waals surface area contributed by atoms with E-state index in [9.17, 15) is 4.79 Å². The van der Waals surface area contributed by atoms with Crippen molar-refractivity contribution < 1.29 is 4.79 Å². The van der Waals surface area contributed by atoms with Crippen molar-refractivity contribution in [3.05, 3.63) is 23.8 Å². The van der Waals surface area contributed by atoms with Gasteiger partial charge in [0.1, 0.15) is 0 Å². The minimum absolute atomic E-state index is 0.0552. The number of piperidine rings is 1. The fraction of sp³-hybridized carbons (Fsp3) is 0.562. The van der Waals surface area contributed by atoms with Gasteiger partial charge in [0.25, 0.3) is 0 Å². The molecular weight excluding hydrogens is 250 g/mol. The summed E-state index contributed by atoms with van der Waals surface area (Å²) in [6, 6.07) is 5.55. The predicted molar refractivity (Wildman–Crippen MR) is 83.6 cm³/mol. The van der Waals surface area contributed by atoms with Gasteiger partial charge in [-0.15, -0.1) is 0 Å². The van der Waals surface area contributed by atoms with Crippen molar-refractivity contribution in [1.82, 2.24) is 4.90 Å². The number of nitrogens with one attached hydrogen (secondary N) is 1. The van der Waals surface area contributed by atoms with Crippen molar-refractivity contribution in [2.24, 2.45) is 11.8 Å². The number of hydrogen-bond acceptors (Lipinski definition) is 3. The van der Waals surface area contributed by atoms with Crippen LogP contribution in [0, 0.1) is 18.8 Å². The Morgan fingerprint density at radius 3 is 2.80 bits per heavy atom. The Morgan fingerprint density at radius 1 is 1.40 bits per heavy atom. The molecule has 0 bridgehead atoms. The molecule has 0 saturated carbocycles. The predicted octanol–water partition coefficient (Wildman–Crippen LogP) is 2.49. The Labute approximate surface area is 121 Å². The number of amides is 1. The van der Waals surface area contributed by atoms with Gasteiger partial charge in [-0.3, -0.25) is 9.69 Å². The SMILES string of the molecule is Cc1cc(N)ccc1NC(=O)CN1CCC(C)C(C)C1. The molecule has 2 unspecified atom stereocenters. The van der Waals surface area contributed by atoms with Crippen LogP contribution in [0.5, 0.6) is 0 Å². The monoisotopic (exact) mass is 275 g/mol. The third-order valence-corrected chi connectivity index (χ3v) is 4.31. The minimum atomic E-state index is 0.0552. The molecule has 2 atom stereocenters. The van der Waals surface area contributed by atoms with Gasteiger partial charge in [-0.1, -0.05) is 13.8 Å². The smallest absolute Gasteiger partial charge is 0.238 e. The van der Waals surface area contributed by atoms with Crippen molar-refractivity contribution in [2.45, 2.75) is 27.2 Å². The van der Waals surface area contributed by atoms with E-state index < -0.39 is 0 Å². The number of rotatable bonds is 3. The summed E-state index contributed by atoms with van der Waals surface area (Å²) < 4.78 is 0. The number of anilines is 2. The molecule has 3 N–H and O–H groups in total. The summed E-state index contributed by atoms with van der Waals surface area (Å²) in [4.78, 5) is 14.4. The normalized spacial score (nSPS) is 23.6. The van der Waals surface area contributed by atoms with Gasteiger partial charge in [0.2, 0.25) is 5.91 Å². The molecule has 0 aromatic heterocycles. The van der Waals surface area contributed by atoms with Crippen molar-refractivity contribution in [3.63, 3.8) is 0 Å². The van der Waals surface area contributed by atoms with Crippen LogP contribution < -0.4 is 11.1 Å². The Kier molecular flexibility index (Phi) is 4.65. The van der Waals surface area contributed by atoms with Gasteiger partial charge in [-0.25, -0.2) is 0 Å². The number of carbonyl (C=O) groups excluding carboxylic acids is 1. The number of likely N-dealkylation sites (tertiary alicyclic amines) is 1. The molecular formula is C16H25N3O. The van der Waals surface area contributed by atoms with E-state index in [1.54, 1.807) is 0 Å². The number of benzene rings is 1. The van der Waals surface area contributed by atoms with E-state index in [0.717, 1.165) is 35.9 Å². The maximum Gasteiger partial charge on any atom is 0.238 e. The van der Waals surface area contributed by atoms with Crippen molar-refractivity contribution in [2.75, 3.05) is 30.7 Å². The molecule has 2 rings (SSSR count). The lowest BCUT2D eigenvalue weighted by Gasteiger charge is -2.34. The summed E-state index contributed by atoms with van der Waals surface area (Å²) >= 11 is 0. The molecule has 20 heavy (non-hydrogen) atoms. The van der Waals surface area contributed by atoms with Crippen LogP contribution in [-0.4, -0.2) is 30.4 Å². The van der Waals surface area contributed by atoms with E-state index in [1.807, 2.05) is 25.1 Å².